The summed E-state index contributed by atoms with van der Waals surface area (Å²) in [4.78, 5) is 0. The summed E-state index contributed by atoms with van der Waals surface area (Å²) in [5.74, 6) is 1.12. The molecule has 1 atom stereocenters. The Morgan fingerprint density at radius 3 is 1.91 bits per heavy atom. The Hall–Kier alpha value is -1.56. The van der Waals surface area contributed by atoms with Crippen molar-refractivity contribution in [3.05, 3.63) is 70.8 Å². The fourth-order valence-corrected chi connectivity index (χ4v) is 2.98. The van der Waals surface area contributed by atoms with E-state index in [1.807, 2.05) is 13.8 Å². The van der Waals surface area contributed by atoms with Crippen LogP contribution >= 0.6 is 0 Å². The van der Waals surface area contributed by atoms with Gasteiger partial charge < -0.3 is 0 Å². The monoisotopic (exact) mass is 310 g/mol. The van der Waals surface area contributed by atoms with E-state index in [0.717, 1.165) is 6.42 Å². The van der Waals surface area contributed by atoms with Crippen LogP contribution < -0.4 is 0 Å². The quantitative estimate of drug-likeness (QED) is 0.524. The molecule has 2 aromatic carbocycles. The minimum atomic E-state index is 0.528. The van der Waals surface area contributed by atoms with Gasteiger partial charge in [-0.05, 0) is 41.0 Å². The molecule has 0 N–H and O–H groups in total. The molecule has 0 saturated heterocycles. The smallest absolute Gasteiger partial charge is 0.00894 e. The van der Waals surface area contributed by atoms with Gasteiger partial charge in [0.2, 0.25) is 0 Å². The number of aryl methyl sites for hydroxylation is 1. The van der Waals surface area contributed by atoms with Crippen LogP contribution in [0, 0.1) is 0 Å². The molecule has 1 unspecified atom stereocenters. The van der Waals surface area contributed by atoms with Crippen LogP contribution in [0.15, 0.2) is 48.5 Å². The standard InChI is InChI=1S/C21H28.C2H6/c1-5-9-21(19-12-7-10-17(6-2)14-19)20-13-8-11-18(15-20)16(3)4;1-2/h7-8,10-16,21H,5-6,9H2,1-4H3;1-2H3. The van der Waals surface area contributed by atoms with Crippen LogP contribution in [0.4, 0.5) is 0 Å². The van der Waals surface area contributed by atoms with E-state index in [2.05, 4.69) is 76.2 Å². The summed E-state index contributed by atoms with van der Waals surface area (Å²) < 4.78 is 0. The second-order valence-corrected chi connectivity index (χ2v) is 6.26. The minimum absolute atomic E-state index is 0.528. The first-order valence-corrected chi connectivity index (χ1v) is 9.34. The number of hydrogen-bond donors (Lipinski definition) is 0. The van der Waals surface area contributed by atoms with E-state index >= 15 is 0 Å². The summed E-state index contributed by atoms with van der Waals surface area (Å²) in [5.41, 5.74) is 5.82. The van der Waals surface area contributed by atoms with Crippen molar-refractivity contribution in [2.24, 2.45) is 0 Å². The van der Waals surface area contributed by atoms with E-state index in [0.29, 0.717) is 11.8 Å². The minimum Gasteiger partial charge on any atom is -0.0683 e. The third-order valence-electron chi connectivity index (χ3n) is 4.32. The lowest BCUT2D eigenvalue weighted by molar-refractivity contribution is 0.695. The number of benzene rings is 2. The van der Waals surface area contributed by atoms with Gasteiger partial charge in [0.1, 0.15) is 0 Å². The highest BCUT2D eigenvalue weighted by atomic mass is 14.2. The fraction of sp³-hybridized carbons (Fsp3) is 0.478. The second kappa shape index (κ2) is 10.3. The Balaban J connectivity index is 0.00000127. The van der Waals surface area contributed by atoms with Gasteiger partial charge in [-0.25, -0.2) is 0 Å². The van der Waals surface area contributed by atoms with Crippen LogP contribution in [0.5, 0.6) is 0 Å². The Labute approximate surface area is 144 Å². The largest absolute Gasteiger partial charge is 0.0683 e. The van der Waals surface area contributed by atoms with E-state index in [1.165, 1.54) is 35.1 Å². The summed E-state index contributed by atoms with van der Waals surface area (Å²) >= 11 is 0. The third kappa shape index (κ3) is 5.53. The number of rotatable bonds is 6. The van der Waals surface area contributed by atoms with Crippen LogP contribution in [0.1, 0.15) is 88.5 Å². The third-order valence-corrected chi connectivity index (χ3v) is 4.32. The first kappa shape index (κ1) is 19.5. The maximum Gasteiger partial charge on any atom is 0.00894 e. The highest BCUT2D eigenvalue weighted by molar-refractivity contribution is 5.37. The predicted molar refractivity (Wildman–Crippen MR) is 104 cm³/mol. The molecule has 2 aromatic rings. The zero-order valence-electron chi connectivity index (χ0n) is 15.9. The lowest BCUT2D eigenvalue weighted by Crippen LogP contribution is -2.03. The van der Waals surface area contributed by atoms with Gasteiger partial charge in [-0.2, -0.15) is 0 Å². The molecule has 0 aliphatic carbocycles. The molecule has 0 saturated carbocycles. The zero-order valence-corrected chi connectivity index (χ0v) is 15.9. The molecule has 0 aliphatic rings. The van der Waals surface area contributed by atoms with Gasteiger partial charge in [-0.1, -0.05) is 96.5 Å². The summed E-state index contributed by atoms with van der Waals surface area (Å²) in [5, 5.41) is 0. The molecule has 0 amide bonds. The Kier molecular flexibility index (Phi) is 8.69. The molecule has 0 aliphatic heterocycles. The van der Waals surface area contributed by atoms with Crippen LogP contribution in [0.2, 0.25) is 0 Å². The van der Waals surface area contributed by atoms with Gasteiger partial charge in [0.25, 0.3) is 0 Å². The SMILES string of the molecule is CC.CCCC(c1cccc(CC)c1)c1cccc(C(C)C)c1. The molecule has 0 fully saturated rings. The molecule has 0 heteroatoms. The molecule has 0 spiro atoms. The maximum absolute atomic E-state index is 2.41. The van der Waals surface area contributed by atoms with Gasteiger partial charge in [-0.3, -0.25) is 0 Å². The van der Waals surface area contributed by atoms with Crippen LogP contribution in [0.25, 0.3) is 0 Å². The van der Waals surface area contributed by atoms with Crippen molar-refractivity contribution in [2.75, 3.05) is 0 Å². The Morgan fingerprint density at radius 2 is 1.35 bits per heavy atom. The van der Waals surface area contributed by atoms with Gasteiger partial charge in [0.15, 0.2) is 0 Å². The van der Waals surface area contributed by atoms with Gasteiger partial charge in [-0.15, -0.1) is 0 Å². The average molecular weight is 311 g/mol. The van der Waals surface area contributed by atoms with E-state index in [9.17, 15) is 0 Å². The lowest BCUT2D eigenvalue weighted by atomic mass is 9.85. The zero-order chi connectivity index (χ0) is 17.2. The lowest BCUT2D eigenvalue weighted by Gasteiger charge is -2.20. The molecule has 0 bridgehead atoms. The molecular formula is C23H34. The molecule has 0 heterocycles. The van der Waals surface area contributed by atoms with Gasteiger partial charge in [0, 0.05) is 5.92 Å². The number of hydrogen-bond acceptors (Lipinski definition) is 0. The maximum atomic E-state index is 2.41. The van der Waals surface area contributed by atoms with E-state index in [4.69, 9.17) is 0 Å². The van der Waals surface area contributed by atoms with Gasteiger partial charge in [0.05, 0.1) is 0 Å². The molecule has 126 valence electrons. The van der Waals surface area contributed by atoms with Crippen molar-refractivity contribution in [3.63, 3.8) is 0 Å². The highest BCUT2D eigenvalue weighted by Crippen LogP contribution is 2.31. The Bertz CT molecular complexity index is 566. The topological polar surface area (TPSA) is 0 Å². The van der Waals surface area contributed by atoms with E-state index in [1.54, 1.807) is 0 Å². The summed E-state index contributed by atoms with van der Waals surface area (Å²) in [7, 11) is 0. The predicted octanol–water partition coefficient (Wildman–Crippen LogP) is 7.33. The van der Waals surface area contributed by atoms with E-state index in [-0.39, 0.29) is 0 Å². The van der Waals surface area contributed by atoms with Crippen molar-refractivity contribution in [3.8, 4) is 0 Å². The van der Waals surface area contributed by atoms with Crippen molar-refractivity contribution in [1.82, 2.24) is 0 Å². The molecule has 0 aromatic heterocycles. The van der Waals surface area contributed by atoms with Crippen LogP contribution in [-0.4, -0.2) is 0 Å². The first-order valence-electron chi connectivity index (χ1n) is 9.34. The van der Waals surface area contributed by atoms with Crippen molar-refractivity contribution < 1.29 is 0 Å². The molecular weight excluding hydrogens is 276 g/mol. The van der Waals surface area contributed by atoms with Crippen molar-refractivity contribution >= 4 is 0 Å². The highest BCUT2D eigenvalue weighted by Gasteiger charge is 2.14. The van der Waals surface area contributed by atoms with Crippen LogP contribution in [0.3, 0.4) is 0 Å². The van der Waals surface area contributed by atoms with E-state index < -0.39 is 0 Å². The summed E-state index contributed by atoms with van der Waals surface area (Å²) in [6.07, 6.45) is 3.54. The summed E-state index contributed by atoms with van der Waals surface area (Å²) in [6.45, 7) is 13.0. The first-order chi connectivity index (χ1) is 11.2. The molecule has 0 radical (unpaired) electrons. The van der Waals surface area contributed by atoms with Crippen molar-refractivity contribution in [1.29, 1.82) is 0 Å². The molecule has 23 heavy (non-hydrogen) atoms. The Morgan fingerprint density at radius 1 is 0.783 bits per heavy atom. The van der Waals surface area contributed by atoms with Crippen LogP contribution in [-0.2, 0) is 6.42 Å². The molecule has 2 rings (SSSR count). The van der Waals surface area contributed by atoms with Crippen molar-refractivity contribution in [2.45, 2.75) is 72.6 Å². The second-order valence-electron chi connectivity index (χ2n) is 6.26. The normalized spacial score (nSPS) is 11.8. The molecule has 0 nitrogen and oxygen atoms in total. The average Bonchev–Trinajstić information content (AvgIpc) is 2.61. The van der Waals surface area contributed by atoms with Gasteiger partial charge >= 0.3 is 0 Å². The summed E-state index contributed by atoms with van der Waals surface area (Å²) in [6, 6.07) is 18.3. The fourth-order valence-electron chi connectivity index (χ4n) is 2.98.